The molecule has 4 unspecified atom stereocenters. The van der Waals surface area contributed by atoms with Crippen LogP contribution in [0.3, 0.4) is 0 Å². The zero-order valence-corrected chi connectivity index (χ0v) is 16.4. The highest BCUT2D eigenvalue weighted by Gasteiger charge is 2.58. The molecule has 1 aromatic carbocycles. The molecule has 0 saturated carbocycles. The minimum atomic E-state index is -4.46. The lowest BCUT2D eigenvalue weighted by Gasteiger charge is -2.40. The van der Waals surface area contributed by atoms with E-state index in [0.717, 1.165) is 37.9 Å². The first kappa shape index (κ1) is 20.6. The van der Waals surface area contributed by atoms with E-state index in [4.69, 9.17) is 0 Å². The Morgan fingerprint density at radius 1 is 1.10 bits per heavy atom. The SMILES string of the molecule is O=C(NCc1ccccc1)C1C2CC(C3CCNCC3)CCN2NC1C(F)(F)F. The Balaban J connectivity index is 1.48. The maximum atomic E-state index is 13.7. The number of amides is 1. The number of rotatable bonds is 4. The number of nitrogens with zero attached hydrogens (tertiary/aromatic N) is 1. The number of benzene rings is 1. The van der Waals surface area contributed by atoms with Gasteiger partial charge in [-0.05, 0) is 56.2 Å². The van der Waals surface area contributed by atoms with E-state index < -0.39 is 30.1 Å². The van der Waals surface area contributed by atoms with E-state index in [1.165, 1.54) is 0 Å². The van der Waals surface area contributed by atoms with Crippen LogP contribution < -0.4 is 16.1 Å². The minimum Gasteiger partial charge on any atom is -0.352 e. The van der Waals surface area contributed by atoms with E-state index in [-0.39, 0.29) is 6.54 Å². The summed E-state index contributed by atoms with van der Waals surface area (Å²) in [6, 6.07) is 7.05. The average Bonchev–Trinajstić information content (AvgIpc) is 3.13. The Morgan fingerprint density at radius 3 is 2.52 bits per heavy atom. The number of carbonyl (C=O) groups excluding carboxylic acids is 1. The summed E-state index contributed by atoms with van der Waals surface area (Å²) < 4.78 is 41.2. The van der Waals surface area contributed by atoms with Crippen LogP contribution in [0.2, 0.25) is 0 Å². The fourth-order valence-corrected chi connectivity index (χ4v) is 5.26. The van der Waals surface area contributed by atoms with Gasteiger partial charge in [-0.2, -0.15) is 13.2 Å². The van der Waals surface area contributed by atoms with Crippen LogP contribution in [0.25, 0.3) is 0 Å². The first-order valence-electron chi connectivity index (χ1n) is 10.6. The van der Waals surface area contributed by atoms with Crippen molar-refractivity contribution in [3.8, 4) is 0 Å². The van der Waals surface area contributed by atoms with Crippen molar-refractivity contribution in [2.45, 2.75) is 50.5 Å². The number of piperidine rings is 2. The molecule has 0 aliphatic carbocycles. The average molecular weight is 410 g/mol. The lowest BCUT2D eigenvalue weighted by Crippen LogP contribution is -2.49. The molecule has 4 atom stereocenters. The number of fused-ring (bicyclic) bond motifs is 1. The van der Waals surface area contributed by atoms with E-state index in [0.29, 0.717) is 24.8 Å². The zero-order valence-electron chi connectivity index (χ0n) is 16.4. The molecule has 8 heteroatoms. The summed E-state index contributed by atoms with van der Waals surface area (Å²) in [6.45, 7) is 2.75. The summed E-state index contributed by atoms with van der Waals surface area (Å²) in [5, 5.41) is 7.79. The third-order valence-electron chi connectivity index (χ3n) is 6.78. The lowest BCUT2D eigenvalue weighted by atomic mass is 9.74. The highest BCUT2D eigenvalue weighted by atomic mass is 19.4. The van der Waals surface area contributed by atoms with Crippen molar-refractivity contribution in [1.29, 1.82) is 0 Å². The first-order valence-corrected chi connectivity index (χ1v) is 10.6. The second-order valence-electron chi connectivity index (χ2n) is 8.51. The van der Waals surface area contributed by atoms with Crippen LogP contribution in [-0.2, 0) is 11.3 Å². The smallest absolute Gasteiger partial charge is 0.352 e. The van der Waals surface area contributed by atoms with E-state index in [1.54, 1.807) is 5.01 Å². The molecule has 1 aromatic rings. The molecule has 3 fully saturated rings. The highest BCUT2D eigenvalue weighted by molar-refractivity contribution is 5.80. The standard InChI is InChI=1S/C21H29F3N4O/c22-21(23,24)19-18(20(29)26-13-14-4-2-1-3-5-14)17-12-16(8-11-28(17)27-19)15-6-9-25-10-7-15/h1-5,15-19,25,27H,6-13H2,(H,26,29). The van der Waals surface area contributed by atoms with Crippen molar-refractivity contribution in [2.75, 3.05) is 19.6 Å². The topological polar surface area (TPSA) is 56.4 Å². The monoisotopic (exact) mass is 410 g/mol. The highest BCUT2D eigenvalue weighted by Crippen LogP contribution is 2.42. The van der Waals surface area contributed by atoms with Crippen LogP contribution in [-0.4, -0.2) is 48.8 Å². The molecule has 3 N–H and O–H groups in total. The fraction of sp³-hybridized carbons (Fsp3) is 0.667. The number of nitrogens with one attached hydrogen (secondary N) is 3. The summed E-state index contributed by atoms with van der Waals surface area (Å²) in [6.07, 6.45) is -0.794. The zero-order chi connectivity index (χ0) is 20.4. The normalized spacial score (nSPS) is 31.4. The Morgan fingerprint density at radius 2 is 1.83 bits per heavy atom. The van der Waals surface area contributed by atoms with Gasteiger partial charge in [0.25, 0.3) is 0 Å². The van der Waals surface area contributed by atoms with Gasteiger partial charge in [-0.15, -0.1) is 0 Å². The van der Waals surface area contributed by atoms with Crippen LogP contribution in [0.1, 0.15) is 31.2 Å². The van der Waals surface area contributed by atoms with E-state index in [9.17, 15) is 18.0 Å². The molecule has 3 saturated heterocycles. The van der Waals surface area contributed by atoms with E-state index in [2.05, 4.69) is 16.1 Å². The molecule has 0 aromatic heterocycles. The number of carbonyl (C=O) groups is 1. The summed E-state index contributed by atoms with van der Waals surface area (Å²) in [5.41, 5.74) is 3.50. The van der Waals surface area contributed by atoms with E-state index in [1.807, 2.05) is 30.3 Å². The Labute approximate surface area is 169 Å². The molecule has 4 rings (SSSR count). The molecule has 29 heavy (non-hydrogen) atoms. The maximum absolute atomic E-state index is 13.7. The van der Waals surface area contributed by atoms with Crippen molar-refractivity contribution in [3.05, 3.63) is 35.9 Å². The number of hydrogen-bond donors (Lipinski definition) is 3. The Hall–Kier alpha value is -1.64. The summed E-state index contributed by atoms with van der Waals surface area (Å²) in [4.78, 5) is 12.9. The van der Waals surface area contributed by atoms with Crippen LogP contribution in [0.4, 0.5) is 13.2 Å². The third-order valence-corrected chi connectivity index (χ3v) is 6.78. The quantitative estimate of drug-likeness (QED) is 0.714. The second kappa shape index (κ2) is 8.62. The van der Waals surface area contributed by atoms with Crippen molar-refractivity contribution in [1.82, 2.24) is 21.1 Å². The predicted molar refractivity (Wildman–Crippen MR) is 104 cm³/mol. The van der Waals surface area contributed by atoms with Crippen LogP contribution in [0, 0.1) is 17.8 Å². The molecule has 0 radical (unpaired) electrons. The Bertz CT molecular complexity index is 693. The molecule has 0 bridgehead atoms. The lowest BCUT2D eigenvalue weighted by molar-refractivity contribution is -0.169. The first-order chi connectivity index (χ1) is 13.9. The molecule has 3 aliphatic rings. The molecular weight excluding hydrogens is 381 g/mol. The molecule has 5 nitrogen and oxygen atoms in total. The number of hydrogen-bond acceptors (Lipinski definition) is 4. The predicted octanol–water partition coefficient (Wildman–Crippen LogP) is 2.45. The molecule has 0 spiro atoms. The Kier molecular flexibility index (Phi) is 6.13. The van der Waals surface area contributed by atoms with Crippen molar-refractivity contribution < 1.29 is 18.0 Å². The molecule has 160 valence electrons. The van der Waals surface area contributed by atoms with Crippen molar-refractivity contribution in [2.24, 2.45) is 17.8 Å². The van der Waals surface area contributed by atoms with Gasteiger partial charge in [0.15, 0.2) is 0 Å². The van der Waals surface area contributed by atoms with Crippen LogP contribution in [0.5, 0.6) is 0 Å². The fourth-order valence-electron chi connectivity index (χ4n) is 5.26. The molecular formula is C21H29F3N4O. The minimum absolute atomic E-state index is 0.241. The molecule has 3 heterocycles. The van der Waals surface area contributed by atoms with Gasteiger partial charge in [0, 0.05) is 19.1 Å². The van der Waals surface area contributed by atoms with Crippen LogP contribution >= 0.6 is 0 Å². The number of alkyl halides is 3. The van der Waals surface area contributed by atoms with Gasteiger partial charge in [0.05, 0.1) is 5.92 Å². The molecule has 3 aliphatic heterocycles. The maximum Gasteiger partial charge on any atom is 0.406 e. The van der Waals surface area contributed by atoms with Gasteiger partial charge in [-0.1, -0.05) is 30.3 Å². The third kappa shape index (κ3) is 4.59. The van der Waals surface area contributed by atoms with E-state index >= 15 is 0 Å². The summed E-state index contributed by atoms with van der Waals surface area (Å²) in [5.74, 6) is -0.710. The van der Waals surface area contributed by atoms with Gasteiger partial charge in [0.1, 0.15) is 6.04 Å². The van der Waals surface area contributed by atoms with Gasteiger partial charge >= 0.3 is 6.18 Å². The number of halogens is 3. The van der Waals surface area contributed by atoms with Gasteiger partial charge < -0.3 is 10.6 Å². The summed E-state index contributed by atoms with van der Waals surface area (Å²) >= 11 is 0. The number of hydrazine groups is 1. The van der Waals surface area contributed by atoms with Crippen molar-refractivity contribution in [3.63, 3.8) is 0 Å². The molecule has 1 amide bonds. The van der Waals surface area contributed by atoms with Gasteiger partial charge in [-0.25, -0.2) is 10.4 Å². The largest absolute Gasteiger partial charge is 0.406 e. The van der Waals surface area contributed by atoms with Gasteiger partial charge in [-0.3, -0.25) is 4.79 Å². The van der Waals surface area contributed by atoms with Gasteiger partial charge in [0.2, 0.25) is 5.91 Å². The van der Waals surface area contributed by atoms with Crippen LogP contribution in [0.15, 0.2) is 30.3 Å². The summed E-state index contributed by atoms with van der Waals surface area (Å²) in [7, 11) is 0. The van der Waals surface area contributed by atoms with Crippen molar-refractivity contribution >= 4 is 5.91 Å². The second-order valence-corrected chi connectivity index (χ2v) is 8.51.